The Morgan fingerprint density at radius 1 is 1.50 bits per heavy atom. The van der Waals surface area contributed by atoms with E-state index in [0.717, 1.165) is 11.5 Å². The van der Waals surface area contributed by atoms with Crippen molar-refractivity contribution in [1.82, 2.24) is 30.0 Å². The lowest BCUT2D eigenvalue weighted by molar-refractivity contribution is 0.523. The lowest BCUT2D eigenvalue weighted by Crippen LogP contribution is -2.21. The van der Waals surface area contributed by atoms with Gasteiger partial charge in [0.15, 0.2) is 0 Å². The van der Waals surface area contributed by atoms with E-state index in [9.17, 15) is 0 Å². The Kier molecular flexibility index (Phi) is 3.21. The van der Waals surface area contributed by atoms with Gasteiger partial charge in [0.25, 0.3) is 0 Å². The molecular formula is C10H14N6. The summed E-state index contributed by atoms with van der Waals surface area (Å²) in [5.41, 5.74) is 0.962. The van der Waals surface area contributed by atoms with Crippen molar-refractivity contribution in [3.63, 3.8) is 0 Å². The van der Waals surface area contributed by atoms with E-state index in [0.29, 0.717) is 6.54 Å². The molecule has 2 aromatic rings. The van der Waals surface area contributed by atoms with Crippen molar-refractivity contribution in [2.75, 3.05) is 0 Å². The molecule has 0 radical (unpaired) electrons. The zero-order chi connectivity index (χ0) is 11.4. The lowest BCUT2D eigenvalue weighted by Gasteiger charge is -2.12. The fraction of sp³-hybridized carbons (Fsp3) is 0.400. The second-order valence-electron chi connectivity index (χ2n) is 3.60. The van der Waals surface area contributed by atoms with Gasteiger partial charge < -0.3 is 9.88 Å². The van der Waals surface area contributed by atoms with E-state index >= 15 is 0 Å². The largest absolute Gasteiger partial charge is 0.319 e. The summed E-state index contributed by atoms with van der Waals surface area (Å²) >= 11 is 0. The first-order valence-corrected chi connectivity index (χ1v) is 5.09. The molecule has 6 nitrogen and oxygen atoms in total. The Balaban J connectivity index is 1.94. The fourth-order valence-electron chi connectivity index (χ4n) is 1.46. The van der Waals surface area contributed by atoms with Crippen LogP contribution in [0, 0.1) is 0 Å². The molecule has 0 bridgehead atoms. The van der Waals surface area contributed by atoms with Gasteiger partial charge in [0.1, 0.15) is 18.5 Å². The van der Waals surface area contributed by atoms with Crippen molar-refractivity contribution in [3.8, 4) is 0 Å². The molecule has 0 aliphatic heterocycles. The van der Waals surface area contributed by atoms with Crippen LogP contribution in [0.25, 0.3) is 0 Å². The average molecular weight is 218 g/mol. The molecule has 2 heterocycles. The highest BCUT2D eigenvalue weighted by molar-refractivity contribution is 4.99. The van der Waals surface area contributed by atoms with Gasteiger partial charge in [-0.3, -0.25) is 0 Å². The fourth-order valence-corrected chi connectivity index (χ4v) is 1.46. The maximum atomic E-state index is 4.14. The van der Waals surface area contributed by atoms with E-state index in [1.807, 2.05) is 24.6 Å². The predicted molar refractivity (Wildman–Crippen MR) is 58.3 cm³/mol. The third-order valence-corrected chi connectivity index (χ3v) is 2.37. The van der Waals surface area contributed by atoms with Crippen molar-refractivity contribution < 1.29 is 0 Å². The summed E-state index contributed by atoms with van der Waals surface area (Å²) in [6.07, 6.45) is 4.97. The van der Waals surface area contributed by atoms with Gasteiger partial charge in [-0.15, -0.1) is 10.2 Å². The molecule has 1 atom stereocenters. The van der Waals surface area contributed by atoms with Crippen LogP contribution in [0.15, 0.2) is 24.9 Å². The molecule has 0 aliphatic carbocycles. The number of nitrogens with zero attached hydrogens (tertiary/aromatic N) is 5. The molecule has 0 amide bonds. The van der Waals surface area contributed by atoms with Gasteiger partial charge in [-0.25, -0.2) is 9.97 Å². The number of aryl methyl sites for hydroxylation is 1. The minimum atomic E-state index is 0.141. The van der Waals surface area contributed by atoms with Gasteiger partial charge in [0.2, 0.25) is 0 Å². The first-order valence-electron chi connectivity index (χ1n) is 5.09. The van der Waals surface area contributed by atoms with Gasteiger partial charge >= 0.3 is 0 Å². The van der Waals surface area contributed by atoms with E-state index in [4.69, 9.17) is 0 Å². The van der Waals surface area contributed by atoms with Crippen LogP contribution in [-0.4, -0.2) is 24.7 Å². The van der Waals surface area contributed by atoms with Crippen molar-refractivity contribution in [1.29, 1.82) is 0 Å². The monoisotopic (exact) mass is 218 g/mol. The number of nitrogens with one attached hydrogen (secondary N) is 1. The lowest BCUT2D eigenvalue weighted by atomic mass is 10.3. The van der Waals surface area contributed by atoms with Crippen molar-refractivity contribution in [3.05, 3.63) is 36.4 Å². The molecule has 84 valence electrons. The highest BCUT2D eigenvalue weighted by Gasteiger charge is 2.10. The Morgan fingerprint density at radius 2 is 2.38 bits per heavy atom. The van der Waals surface area contributed by atoms with Crippen molar-refractivity contribution in [2.45, 2.75) is 19.5 Å². The van der Waals surface area contributed by atoms with E-state index < -0.39 is 0 Å². The summed E-state index contributed by atoms with van der Waals surface area (Å²) < 4.78 is 1.90. The number of hydrogen-bond acceptors (Lipinski definition) is 5. The molecule has 16 heavy (non-hydrogen) atoms. The summed E-state index contributed by atoms with van der Waals surface area (Å²) in [4.78, 5) is 8.01. The third kappa shape index (κ3) is 2.40. The van der Waals surface area contributed by atoms with E-state index in [2.05, 4.69) is 25.5 Å². The zero-order valence-corrected chi connectivity index (χ0v) is 9.33. The van der Waals surface area contributed by atoms with Crippen LogP contribution in [0.1, 0.15) is 24.5 Å². The van der Waals surface area contributed by atoms with Crippen LogP contribution in [0.5, 0.6) is 0 Å². The standard InChI is InChI=1S/C10H14N6/c1-8(10-15-14-7-16(10)2)12-5-9-3-4-11-6-13-9/h3-4,6-8,12H,5H2,1-2H3. The zero-order valence-electron chi connectivity index (χ0n) is 9.33. The number of hydrogen-bond donors (Lipinski definition) is 1. The van der Waals surface area contributed by atoms with E-state index in [1.54, 1.807) is 18.9 Å². The Labute approximate surface area is 93.8 Å². The molecule has 0 saturated carbocycles. The normalized spacial score (nSPS) is 12.6. The maximum absolute atomic E-state index is 4.14. The maximum Gasteiger partial charge on any atom is 0.149 e. The second-order valence-corrected chi connectivity index (χ2v) is 3.60. The Bertz CT molecular complexity index is 438. The summed E-state index contributed by atoms with van der Waals surface area (Å²) in [7, 11) is 1.93. The molecule has 6 heteroatoms. The quantitative estimate of drug-likeness (QED) is 0.807. The molecule has 0 fully saturated rings. The van der Waals surface area contributed by atoms with Crippen molar-refractivity contribution in [2.24, 2.45) is 7.05 Å². The summed E-state index contributed by atoms with van der Waals surface area (Å²) in [6.45, 7) is 2.74. The Hall–Kier alpha value is -1.82. The number of aromatic nitrogens is 5. The van der Waals surface area contributed by atoms with Crippen LogP contribution >= 0.6 is 0 Å². The van der Waals surface area contributed by atoms with Crippen LogP contribution in [0.2, 0.25) is 0 Å². The van der Waals surface area contributed by atoms with E-state index in [-0.39, 0.29) is 6.04 Å². The van der Waals surface area contributed by atoms with Gasteiger partial charge in [0.05, 0.1) is 11.7 Å². The summed E-state index contributed by atoms with van der Waals surface area (Å²) in [5, 5.41) is 11.2. The first-order chi connectivity index (χ1) is 7.77. The van der Waals surface area contributed by atoms with Crippen molar-refractivity contribution >= 4 is 0 Å². The predicted octanol–water partition coefficient (Wildman–Crippen LogP) is 0.456. The Morgan fingerprint density at radius 3 is 3.00 bits per heavy atom. The van der Waals surface area contributed by atoms with Crippen LogP contribution in [0.3, 0.4) is 0 Å². The SMILES string of the molecule is CC(NCc1ccncn1)c1nncn1C. The number of rotatable bonds is 4. The molecule has 2 aromatic heterocycles. The molecule has 0 saturated heterocycles. The third-order valence-electron chi connectivity index (χ3n) is 2.37. The minimum absolute atomic E-state index is 0.141. The molecule has 1 unspecified atom stereocenters. The smallest absolute Gasteiger partial charge is 0.149 e. The summed E-state index contributed by atoms with van der Waals surface area (Å²) in [5.74, 6) is 0.911. The molecule has 0 aliphatic rings. The van der Waals surface area contributed by atoms with Crippen LogP contribution < -0.4 is 5.32 Å². The van der Waals surface area contributed by atoms with Gasteiger partial charge in [0, 0.05) is 19.8 Å². The highest BCUT2D eigenvalue weighted by Crippen LogP contribution is 2.07. The van der Waals surface area contributed by atoms with Crippen LogP contribution in [0.4, 0.5) is 0 Å². The first kappa shape index (κ1) is 10.7. The summed E-state index contributed by atoms with van der Waals surface area (Å²) in [6, 6.07) is 2.03. The van der Waals surface area contributed by atoms with E-state index in [1.165, 1.54) is 0 Å². The molecule has 1 N–H and O–H groups in total. The topological polar surface area (TPSA) is 68.5 Å². The molecule has 2 rings (SSSR count). The van der Waals surface area contributed by atoms with Gasteiger partial charge in [-0.05, 0) is 13.0 Å². The van der Waals surface area contributed by atoms with Gasteiger partial charge in [-0.1, -0.05) is 0 Å². The molecular weight excluding hydrogens is 204 g/mol. The highest BCUT2D eigenvalue weighted by atomic mass is 15.3. The molecule has 0 spiro atoms. The minimum Gasteiger partial charge on any atom is -0.319 e. The van der Waals surface area contributed by atoms with Crippen LogP contribution in [-0.2, 0) is 13.6 Å². The van der Waals surface area contributed by atoms with Gasteiger partial charge in [-0.2, -0.15) is 0 Å². The molecule has 0 aromatic carbocycles. The second kappa shape index (κ2) is 4.80. The average Bonchev–Trinajstić information content (AvgIpc) is 2.74.